The molecule has 194 valence electrons. The second kappa shape index (κ2) is 10.8. The van der Waals surface area contributed by atoms with Gasteiger partial charge in [0.15, 0.2) is 0 Å². The minimum atomic E-state index is -0.578. The topological polar surface area (TPSA) is 74.2 Å². The number of benzene rings is 3. The number of halogens is 1. The number of piperazine rings is 1. The van der Waals surface area contributed by atoms with Gasteiger partial charge in [0.2, 0.25) is 0 Å². The Hall–Kier alpha value is -3.94. The monoisotopic (exact) mass is 529 g/mol. The molecule has 2 N–H and O–H groups in total. The Labute approximate surface area is 227 Å². The van der Waals surface area contributed by atoms with Gasteiger partial charge < -0.3 is 15.1 Å². The molecule has 1 fully saturated rings. The van der Waals surface area contributed by atoms with E-state index in [1.54, 1.807) is 36.4 Å². The highest BCUT2D eigenvalue weighted by molar-refractivity contribution is 6.53. The molecule has 5 rings (SSSR count). The molecule has 2 aliphatic heterocycles. The fourth-order valence-electron chi connectivity index (χ4n) is 4.85. The molecule has 3 aromatic carbocycles. The van der Waals surface area contributed by atoms with Gasteiger partial charge in [-0.1, -0.05) is 54.1 Å². The van der Waals surface area contributed by atoms with Crippen LogP contribution in [0.4, 0.5) is 11.4 Å². The maximum Gasteiger partial charge on any atom is 0.283 e. The lowest BCUT2D eigenvalue weighted by atomic mass is 10.1. The summed E-state index contributed by atoms with van der Waals surface area (Å²) in [7, 11) is 0. The third-order valence-electron chi connectivity index (χ3n) is 7.21. The van der Waals surface area contributed by atoms with Crippen molar-refractivity contribution < 1.29 is 19.3 Å². The number of quaternary nitrogens is 1. The first-order valence-electron chi connectivity index (χ1n) is 12.7. The normalized spacial score (nSPS) is 16.4. The first-order valence-corrected chi connectivity index (χ1v) is 13.1. The molecule has 1 saturated heterocycles. The number of aryl methyl sites for hydroxylation is 2. The molecular formula is C30H30ClN4O3+. The van der Waals surface area contributed by atoms with Crippen molar-refractivity contribution in [2.75, 3.05) is 36.4 Å². The van der Waals surface area contributed by atoms with E-state index in [-0.39, 0.29) is 16.6 Å². The number of amides is 3. The summed E-state index contributed by atoms with van der Waals surface area (Å²) in [5.41, 5.74) is 4.82. The third kappa shape index (κ3) is 5.21. The van der Waals surface area contributed by atoms with Crippen molar-refractivity contribution in [2.45, 2.75) is 20.4 Å². The molecule has 0 saturated carbocycles. The molecule has 0 atom stereocenters. The summed E-state index contributed by atoms with van der Waals surface area (Å²) in [6, 6.07) is 22.7. The van der Waals surface area contributed by atoms with Crippen molar-refractivity contribution in [2.24, 2.45) is 0 Å². The second-order valence-corrected chi connectivity index (χ2v) is 10.2. The van der Waals surface area contributed by atoms with E-state index in [2.05, 4.69) is 29.6 Å². The number of rotatable bonds is 6. The molecule has 2 aliphatic rings. The van der Waals surface area contributed by atoms with Crippen LogP contribution in [-0.2, 0) is 16.1 Å². The number of anilines is 2. The fourth-order valence-corrected chi connectivity index (χ4v) is 5.07. The number of hydrogen-bond acceptors (Lipinski definition) is 4. The first kappa shape index (κ1) is 25.7. The summed E-state index contributed by atoms with van der Waals surface area (Å²) in [5.74, 6) is -1.17. The molecule has 3 amide bonds. The van der Waals surface area contributed by atoms with E-state index in [1.165, 1.54) is 10.5 Å². The van der Waals surface area contributed by atoms with Gasteiger partial charge in [0.25, 0.3) is 17.7 Å². The average Bonchev–Trinajstić information content (AvgIpc) is 3.14. The average molecular weight is 530 g/mol. The van der Waals surface area contributed by atoms with Gasteiger partial charge >= 0.3 is 0 Å². The van der Waals surface area contributed by atoms with Crippen molar-refractivity contribution in [3.05, 3.63) is 106 Å². The lowest BCUT2D eigenvalue weighted by Crippen LogP contribution is -3.13. The van der Waals surface area contributed by atoms with E-state index in [0.717, 1.165) is 35.7 Å². The van der Waals surface area contributed by atoms with Gasteiger partial charge in [-0.05, 0) is 55.3 Å². The van der Waals surface area contributed by atoms with Crippen LogP contribution in [0.1, 0.15) is 27.0 Å². The Bertz CT molecular complexity index is 1430. The van der Waals surface area contributed by atoms with Gasteiger partial charge in [0.05, 0.1) is 31.9 Å². The predicted molar refractivity (Wildman–Crippen MR) is 148 cm³/mol. The summed E-state index contributed by atoms with van der Waals surface area (Å²) in [5, 5.41) is 2.81. The maximum absolute atomic E-state index is 13.3. The van der Waals surface area contributed by atoms with E-state index in [0.29, 0.717) is 30.0 Å². The van der Waals surface area contributed by atoms with E-state index in [1.807, 2.05) is 30.9 Å². The quantitative estimate of drug-likeness (QED) is 0.481. The number of nitrogens with one attached hydrogen (secondary N) is 2. The smallest absolute Gasteiger partial charge is 0.283 e. The number of hydrogen-bond donors (Lipinski definition) is 2. The van der Waals surface area contributed by atoms with Crippen LogP contribution in [0.5, 0.6) is 0 Å². The summed E-state index contributed by atoms with van der Waals surface area (Å²) < 4.78 is 0. The lowest BCUT2D eigenvalue weighted by Gasteiger charge is -2.32. The van der Waals surface area contributed by atoms with Crippen LogP contribution < -0.4 is 15.1 Å². The van der Waals surface area contributed by atoms with Crippen LogP contribution in [0, 0.1) is 13.8 Å². The van der Waals surface area contributed by atoms with Gasteiger partial charge in [0, 0.05) is 16.8 Å². The standard InChI is InChI=1S/C30H29ClN4O3/c1-20-11-12-25(17-21(20)2)35-29(37)26(31)27(30(35)38)32-24-10-6-9-23(18-24)28(36)34-15-13-33(14-16-34)19-22-7-4-3-5-8-22/h3-12,17-18,32H,13-16,19H2,1-2H3/p+1. The lowest BCUT2D eigenvalue weighted by molar-refractivity contribution is -0.917. The molecule has 0 aromatic heterocycles. The van der Waals surface area contributed by atoms with Gasteiger partial charge in [-0.2, -0.15) is 0 Å². The molecule has 0 unspecified atom stereocenters. The molecule has 38 heavy (non-hydrogen) atoms. The van der Waals surface area contributed by atoms with Crippen LogP contribution in [0.3, 0.4) is 0 Å². The Morgan fingerprint density at radius 3 is 2.34 bits per heavy atom. The number of nitrogens with zero attached hydrogens (tertiary/aromatic N) is 2. The van der Waals surface area contributed by atoms with Gasteiger partial charge in [0.1, 0.15) is 17.3 Å². The molecule has 2 heterocycles. The van der Waals surface area contributed by atoms with E-state index in [9.17, 15) is 14.4 Å². The van der Waals surface area contributed by atoms with Crippen molar-refractivity contribution in [3.8, 4) is 0 Å². The molecule has 0 spiro atoms. The summed E-state index contributed by atoms with van der Waals surface area (Å²) >= 11 is 6.31. The first-order chi connectivity index (χ1) is 18.3. The zero-order valence-electron chi connectivity index (χ0n) is 21.5. The third-order valence-corrected chi connectivity index (χ3v) is 7.56. The number of carbonyl (C=O) groups is 3. The van der Waals surface area contributed by atoms with Gasteiger partial charge in [-0.25, -0.2) is 4.90 Å². The highest BCUT2D eigenvalue weighted by atomic mass is 35.5. The maximum atomic E-state index is 13.3. The minimum Gasteiger partial charge on any atom is -0.350 e. The Morgan fingerprint density at radius 2 is 1.63 bits per heavy atom. The number of imide groups is 1. The van der Waals surface area contributed by atoms with E-state index >= 15 is 0 Å². The zero-order chi connectivity index (χ0) is 26.8. The summed E-state index contributed by atoms with van der Waals surface area (Å²) in [4.78, 5) is 43.7. The van der Waals surface area contributed by atoms with Gasteiger partial charge in [-0.15, -0.1) is 0 Å². The van der Waals surface area contributed by atoms with Gasteiger partial charge in [-0.3, -0.25) is 14.4 Å². The fraction of sp³-hybridized carbons (Fsp3) is 0.233. The van der Waals surface area contributed by atoms with E-state index in [4.69, 9.17) is 11.6 Å². The highest BCUT2D eigenvalue weighted by Crippen LogP contribution is 2.31. The molecule has 0 aliphatic carbocycles. The molecule has 0 radical (unpaired) electrons. The van der Waals surface area contributed by atoms with Crippen molar-refractivity contribution in [1.29, 1.82) is 0 Å². The van der Waals surface area contributed by atoms with Crippen molar-refractivity contribution in [1.82, 2.24) is 4.90 Å². The molecule has 0 bridgehead atoms. The number of carbonyl (C=O) groups excluding carboxylic acids is 3. The summed E-state index contributed by atoms with van der Waals surface area (Å²) in [6.07, 6.45) is 0. The zero-order valence-corrected chi connectivity index (χ0v) is 22.2. The van der Waals surface area contributed by atoms with Crippen LogP contribution in [0.25, 0.3) is 0 Å². The van der Waals surface area contributed by atoms with Crippen LogP contribution in [-0.4, -0.2) is 48.8 Å². The van der Waals surface area contributed by atoms with Crippen molar-refractivity contribution >= 4 is 40.7 Å². The molecule has 7 nitrogen and oxygen atoms in total. The Kier molecular flexibility index (Phi) is 7.31. The Morgan fingerprint density at radius 1 is 0.895 bits per heavy atom. The summed E-state index contributed by atoms with van der Waals surface area (Å²) in [6.45, 7) is 7.94. The molecule has 3 aromatic rings. The van der Waals surface area contributed by atoms with Crippen LogP contribution >= 0.6 is 11.6 Å². The highest BCUT2D eigenvalue weighted by Gasteiger charge is 2.39. The Balaban J connectivity index is 1.25. The van der Waals surface area contributed by atoms with E-state index < -0.39 is 11.8 Å². The minimum absolute atomic E-state index is 0.00220. The largest absolute Gasteiger partial charge is 0.350 e. The molecular weight excluding hydrogens is 500 g/mol. The predicted octanol–water partition coefficient (Wildman–Crippen LogP) is 3.28. The molecule has 8 heteroatoms. The van der Waals surface area contributed by atoms with Crippen molar-refractivity contribution in [3.63, 3.8) is 0 Å². The SMILES string of the molecule is Cc1ccc(N2C(=O)C(Cl)=C(Nc3cccc(C(=O)N4CC[NH+](Cc5ccccc5)CC4)c3)C2=O)cc1C. The van der Waals surface area contributed by atoms with Crippen LogP contribution in [0.2, 0.25) is 0 Å². The second-order valence-electron chi connectivity index (χ2n) is 9.81. The van der Waals surface area contributed by atoms with Crippen LogP contribution in [0.15, 0.2) is 83.5 Å².